The first-order valence-electron chi connectivity index (χ1n) is 12.3. The molecule has 174 valence electrons. The zero-order valence-electron chi connectivity index (χ0n) is 20.3. The largest absolute Gasteiger partial charge is 0.336 e. The molecule has 0 radical (unpaired) electrons. The highest BCUT2D eigenvalue weighted by atomic mass is 16.2. The van der Waals surface area contributed by atoms with Crippen molar-refractivity contribution in [1.29, 1.82) is 0 Å². The van der Waals surface area contributed by atoms with Gasteiger partial charge in [0.25, 0.3) is 5.56 Å². The van der Waals surface area contributed by atoms with Crippen LogP contribution in [0.25, 0.3) is 16.6 Å². The van der Waals surface area contributed by atoms with Gasteiger partial charge in [-0.1, -0.05) is 50.8 Å². The second kappa shape index (κ2) is 9.90. The van der Waals surface area contributed by atoms with E-state index in [9.17, 15) is 9.59 Å². The number of fused-ring (bicyclic) bond motifs is 1. The van der Waals surface area contributed by atoms with E-state index in [2.05, 4.69) is 13.8 Å². The van der Waals surface area contributed by atoms with Crippen molar-refractivity contribution in [3.8, 4) is 5.69 Å². The van der Waals surface area contributed by atoms with E-state index in [1.165, 1.54) is 31.2 Å². The van der Waals surface area contributed by atoms with Gasteiger partial charge in [0.2, 0.25) is 5.91 Å². The molecule has 5 heteroatoms. The summed E-state index contributed by atoms with van der Waals surface area (Å²) < 4.78 is 1.71. The molecular formula is C28H35N3O2. The Morgan fingerprint density at radius 3 is 2.55 bits per heavy atom. The molecule has 4 rings (SSSR count). The van der Waals surface area contributed by atoms with E-state index in [-0.39, 0.29) is 17.5 Å². The van der Waals surface area contributed by atoms with Gasteiger partial charge in [0.15, 0.2) is 0 Å². The fraction of sp³-hybridized carbons (Fsp3) is 0.464. The molecule has 0 aliphatic heterocycles. The number of nitrogens with zero attached hydrogens (tertiary/aromatic N) is 3. The minimum atomic E-state index is -0.278. The van der Waals surface area contributed by atoms with Crippen molar-refractivity contribution in [3.05, 3.63) is 69.8 Å². The summed E-state index contributed by atoms with van der Waals surface area (Å²) in [4.78, 5) is 33.6. The molecule has 1 unspecified atom stereocenters. The molecule has 1 fully saturated rings. The average Bonchev–Trinajstić information content (AvgIpc) is 3.34. The summed E-state index contributed by atoms with van der Waals surface area (Å²) in [5, 5.41) is 0.588. The molecule has 0 bridgehead atoms. The maximum absolute atomic E-state index is 13.7. The highest BCUT2D eigenvalue weighted by Crippen LogP contribution is 2.30. The standard InChI is InChI=1S/C28H35N3O2/c1-5-25(30(4)26(32)17-15-21-10-6-7-11-21)27-29-24-13-9-8-12-23(24)28(33)31(27)22-16-14-19(2)20(3)18-22/h8-9,12-14,16,18,21,25H,5-7,10-11,15,17H2,1-4H3. The van der Waals surface area contributed by atoms with Gasteiger partial charge in [0.1, 0.15) is 5.82 Å². The molecule has 1 atom stereocenters. The molecule has 1 heterocycles. The van der Waals surface area contributed by atoms with Crippen LogP contribution in [0.3, 0.4) is 0 Å². The molecular weight excluding hydrogens is 410 g/mol. The van der Waals surface area contributed by atoms with E-state index in [0.29, 0.717) is 35.5 Å². The number of carbonyl (C=O) groups is 1. The first-order valence-corrected chi connectivity index (χ1v) is 12.3. The van der Waals surface area contributed by atoms with Crippen LogP contribution in [0.2, 0.25) is 0 Å². The maximum Gasteiger partial charge on any atom is 0.266 e. The number of benzene rings is 2. The van der Waals surface area contributed by atoms with E-state index in [1.54, 1.807) is 4.57 Å². The van der Waals surface area contributed by atoms with Crippen LogP contribution in [0.4, 0.5) is 0 Å². The van der Waals surface area contributed by atoms with Gasteiger partial charge in [-0.3, -0.25) is 14.2 Å². The lowest BCUT2D eigenvalue weighted by Gasteiger charge is -2.29. The molecule has 0 spiro atoms. The Labute approximate surface area is 196 Å². The van der Waals surface area contributed by atoms with Crippen LogP contribution in [0.5, 0.6) is 0 Å². The number of rotatable bonds is 7. The van der Waals surface area contributed by atoms with Crippen LogP contribution in [0.15, 0.2) is 47.3 Å². The molecule has 1 saturated carbocycles. The number of hydrogen-bond donors (Lipinski definition) is 0. The van der Waals surface area contributed by atoms with E-state index in [4.69, 9.17) is 4.98 Å². The zero-order valence-corrected chi connectivity index (χ0v) is 20.3. The molecule has 1 amide bonds. The van der Waals surface area contributed by atoms with Gasteiger partial charge >= 0.3 is 0 Å². The van der Waals surface area contributed by atoms with Gasteiger partial charge in [-0.2, -0.15) is 0 Å². The quantitative estimate of drug-likeness (QED) is 0.456. The summed E-state index contributed by atoms with van der Waals surface area (Å²) in [5.74, 6) is 1.43. The van der Waals surface area contributed by atoms with Crippen molar-refractivity contribution >= 4 is 16.8 Å². The van der Waals surface area contributed by atoms with Crippen molar-refractivity contribution in [2.24, 2.45) is 5.92 Å². The zero-order chi connectivity index (χ0) is 23.5. The third-order valence-corrected chi connectivity index (χ3v) is 7.34. The summed E-state index contributed by atoms with van der Waals surface area (Å²) in [5.41, 5.74) is 3.66. The van der Waals surface area contributed by atoms with Gasteiger partial charge in [-0.25, -0.2) is 4.98 Å². The first-order chi connectivity index (χ1) is 15.9. The Balaban J connectivity index is 1.77. The molecule has 5 nitrogen and oxygen atoms in total. The Kier molecular flexibility index (Phi) is 6.96. The third-order valence-electron chi connectivity index (χ3n) is 7.34. The predicted octanol–water partition coefficient (Wildman–Crippen LogP) is 5.88. The fourth-order valence-electron chi connectivity index (χ4n) is 5.09. The van der Waals surface area contributed by atoms with Crippen molar-refractivity contribution in [2.45, 2.75) is 71.8 Å². The lowest BCUT2D eigenvalue weighted by molar-refractivity contribution is -0.132. The SMILES string of the molecule is CCC(c1nc2ccccc2c(=O)n1-c1ccc(C)c(C)c1)N(C)C(=O)CCC1CCCC1. The minimum absolute atomic E-state index is 0.0934. The topological polar surface area (TPSA) is 55.2 Å². The van der Waals surface area contributed by atoms with Crippen LogP contribution >= 0.6 is 0 Å². The third kappa shape index (κ3) is 4.73. The van der Waals surface area contributed by atoms with E-state index in [0.717, 1.165) is 17.7 Å². The Morgan fingerprint density at radius 1 is 1.12 bits per heavy atom. The predicted molar refractivity (Wildman–Crippen MR) is 134 cm³/mol. The Morgan fingerprint density at radius 2 is 1.85 bits per heavy atom. The highest BCUT2D eigenvalue weighted by Gasteiger charge is 2.27. The van der Waals surface area contributed by atoms with Crippen LogP contribution in [-0.2, 0) is 4.79 Å². The second-order valence-electron chi connectivity index (χ2n) is 9.51. The lowest BCUT2D eigenvalue weighted by atomic mass is 10.0. The fourth-order valence-corrected chi connectivity index (χ4v) is 5.09. The summed E-state index contributed by atoms with van der Waals surface area (Å²) in [7, 11) is 1.86. The number of aromatic nitrogens is 2. The molecule has 1 aliphatic rings. The Hall–Kier alpha value is -2.95. The van der Waals surface area contributed by atoms with Gasteiger partial charge in [0.05, 0.1) is 22.6 Å². The molecule has 1 aliphatic carbocycles. The molecule has 0 saturated heterocycles. The van der Waals surface area contributed by atoms with Crippen LogP contribution < -0.4 is 5.56 Å². The first kappa shape index (κ1) is 23.2. The lowest BCUT2D eigenvalue weighted by Crippen LogP contribution is -2.36. The number of hydrogen-bond acceptors (Lipinski definition) is 3. The van der Waals surface area contributed by atoms with Gasteiger partial charge in [-0.15, -0.1) is 0 Å². The molecule has 33 heavy (non-hydrogen) atoms. The maximum atomic E-state index is 13.7. The summed E-state index contributed by atoms with van der Waals surface area (Å²) in [6.07, 6.45) is 7.25. The molecule has 1 aromatic heterocycles. The number of carbonyl (C=O) groups excluding carboxylic acids is 1. The van der Waals surface area contributed by atoms with Crippen molar-refractivity contribution in [1.82, 2.24) is 14.5 Å². The number of para-hydroxylation sites is 1. The molecule has 0 N–H and O–H groups in total. The Bertz CT molecular complexity index is 1210. The number of aryl methyl sites for hydroxylation is 2. The normalized spacial score (nSPS) is 15.2. The van der Waals surface area contributed by atoms with Crippen molar-refractivity contribution in [2.75, 3.05) is 7.05 Å². The highest BCUT2D eigenvalue weighted by molar-refractivity contribution is 5.79. The van der Waals surface area contributed by atoms with E-state index < -0.39 is 0 Å². The second-order valence-corrected chi connectivity index (χ2v) is 9.51. The van der Waals surface area contributed by atoms with Crippen LogP contribution in [0, 0.1) is 19.8 Å². The van der Waals surface area contributed by atoms with Crippen LogP contribution in [-0.4, -0.2) is 27.4 Å². The van der Waals surface area contributed by atoms with E-state index >= 15 is 0 Å². The smallest absolute Gasteiger partial charge is 0.266 e. The minimum Gasteiger partial charge on any atom is -0.336 e. The van der Waals surface area contributed by atoms with Crippen molar-refractivity contribution < 1.29 is 4.79 Å². The summed E-state index contributed by atoms with van der Waals surface area (Å²) >= 11 is 0. The number of amides is 1. The average molecular weight is 446 g/mol. The summed E-state index contributed by atoms with van der Waals surface area (Å²) in [6, 6.07) is 13.2. The molecule has 3 aromatic rings. The summed E-state index contributed by atoms with van der Waals surface area (Å²) in [6.45, 7) is 6.17. The van der Waals surface area contributed by atoms with Crippen LogP contribution in [0.1, 0.15) is 74.9 Å². The van der Waals surface area contributed by atoms with Gasteiger partial charge in [0, 0.05) is 13.5 Å². The van der Waals surface area contributed by atoms with Gasteiger partial charge < -0.3 is 4.90 Å². The monoisotopic (exact) mass is 445 g/mol. The van der Waals surface area contributed by atoms with E-state index in [1.807, 2.05) is 61.3 Å². The van der Waals surface area contributed by atoms with Gasteiger partial charge in [-0.05, 0) is 68.0 Å². The molecule has 2 aromatic carbocycles. The van der Waals surface area contributed by atoms with Crippen molar-refractivity contribution in [3.63, 3.8) is 0 Å².